The van der Waals surface area contributed by atoms with E-state index in [4.69, 9.17) is 19.4 Å². The van der Waals surface area contributed by atoms with Gasteiger partial charge in [-0.15, -0.1) is 0 Å². The molecule has 1 amide bonds. The van der Waals surface area contributed by atoms with Crippen molar-refractivity contribution in [2.75, 3.05) is 12.9 Å². The number of rotatable bonds is 8. The molecule has 12 nitrogen and oxygen atoms in total. The quantitative estimate of drug-likeness (QED) is 0.162. The number of amides is 1. The summed E-state index contributed by atoms with van der Waals surface area (Å²) in [5.74, 6) is 9.10. The number of nitrogens with zero attached hydrogens (tertiary/aromatic N) is 1. The van der Waals surface area contributed by atoms with Gasteiger partial charge in [-0.3, -0.25) is 19.1 Å². The maximum Gasteiger partial charge on any atom is 0.469 e. The summed E-state index contributed by atoms with van der Waals surface area (Å²) in [7, 11) is -8.41. The van der Waals surface area contributed by atoms with Gasteiger partial charge < -0.3 is 14.2 Å². The van der Waals surface area contributed by atoms with E-state index in [1.54, 1.807) is 12.1 Å². The molecular formula is C21H23N2O10PS. The lowest BCUT2D eigenvalue weighted by molar-refractivity contribution is -0.131. The van der Waals surface area contributed by atoms with E-state index in [1.807, 2.05) is 0 Å². The number of phosphoric acid groups is 1. The van der Waals surface area contributed by atoms with E-state index < -0.39 is 34.1 Å². The Kier molecular flexibility index (Phi) is 7.62. The van der Waals surface area contributed by atoms with Crippen molar-refractivity contribution in [1.82, 2.24) is 10.0 Å². The van der Waals surface area contributed by atoms with E-state index in [0.717, 1.165) is 13.2 Å². The van der Waals surface area contributed by atoms with Crippen LogP contribution in [0.2, 0.25) is 0 Å². The van der Waals surface area contributed by atoms with Gasteiger partial charge in [0.15, 0.2) is 20.2 Å². The molecule has 188 valence electrons. The number of carbonyl (C=O) groups is 1. The number of hydrogen-bond donors (Lipinski definition) is 4. The van der Waals surface area contributed by atoms with Crippen LogP contribution in [0.15, 0.2) is 27.4 Å². The SMILES string of the molecule is C[C@@](CCn1c(=O)oc2cc(C#CC#C[C@H]3C[C@@H]3COP(=O)(O)O)ccc21)(C(=O)NO)S(C)(=O)=O. The van der Waals surface area contributed by atoms with Crippen LogP contribution in [0.5, 0.6) is 0 Å². The predicted molar refractivity (Wildman–Crippen MR) is 123 cm³/mol. The molecule has 1 aromatic heterocycles. The predicted octanol–water partition coefficient (Wildman–Crippen LogP) is 0.394. The number of benzene rings is 1. The number of hydrogen-bond acceptors (Lipinski definition) is 8. The summed E-state index contributed by atoms with van der Waals surface area (Å²) < 4.78 is 43.8. The zero-order chi connectivity index (χ0) is 26.0. The van der Waals surface area contributed by atoms with Gasteiger partial charge in [0.25, 0.3) is 5.91 Å². The number of nitrogens with one attached hydrogen (secondary N) is 1. The third-order valence-corrected chi connectivity index (χ3v) is 8.30. The second kappa shape index (κ2) is 9.99. The van der Waals surface area contributed by atoms with Crippen molar-refractivity contribution in [3.05, 3.63) is 34.3 Å². The molecule has 3 rings (SSSR count). The first-order valence-corrected chi connectivity index (χ1v) is 13.7. The highest BCUT2D eigenvalue weighted by atomic mass is 32.2. The fourth-order valence-electron chi connectivity index (χ4n) is 3.30. The highest BCUT2D eigenvalue weighted by molar-refractivity contribution is 7.92. The van der Waals surface area contributed by atoms with Crippen LogP contribution < -0.4 is 11.2 Å². The highest BCUT2D eigenvalue weighted by Crippen LogP contribution is 2.43. The van der Waals surface area contributed by atoms with Gasteiger partial charge in [0.05, 0.1) is 12.1 Å². The van der Waals surface area contributed by atoms with Gasteiger partial charge in [-0.2, -0.15) is 0 Å². The molecule has 2 aromatic rings. The molecule has 1 heterocycles. The molecule has 0 aliphatic heterocycles. The summed E-state index contributed by atoms with van der Waals surface area (Å²) in [4.78, 5) is 41.7. The van der Waals surface area contributed by atoms with Gasteiger partial charge >= 0.3 is 13.6 Å². The minimum atomic E-state index is -4.49. The average Bonchev–Trinajstić information content (AvgIpc) is 3.45. The first-order valence-electron chi connectivity index (χ1n) is 10.2. The Morgan fingerprint density at radius 2 is 2.09 bits per heavy atom. The summed E-state index contributed by atoms with van der Waals surface area (Å²) in [5, 5.41) is 8.93. The van der Waals surface area contributed by atoms with Gasteiger partial charge in [-0.25, -0.2) is 23.3 Å². The van der Waals surface area contributed by atoms with Crippen molar-refractivity contribution >= 4 is 34.7 Å². The number of oxazole rings is 1. The molecule has 1 aliphatic carbocycles. The van der Waals surface area contributed by atoms with E-state index in [9.17, 15) is 22.6 Å². The average molecular weight is 526 g/mol. The largest absolute Gasteiger partial charge is 0.469 e. The second-order valence-corrected chi connectivity index (χ2v) is 12.0. The van der Waals surface area contributed by atoms with Gasteiger partial charge in [-0.1, -0.05) is 11.8 Å². The molecule has 4 N–H and O–H groups in total. The van der Waals surface area contributed by atoms with Crippen molar-refractivity contribution in [2.24, 2.45) is 11.8 Å². The lowest BCUT2D eigenvalue weighted by atomic mass is 10.1. The van der Waals surface area contributed by atoms with Crippen LogP contribution in [0.25, 0.3) is 11.1 Å². The normalized spacial score (nSPS) is 19.1. The van der Waals surface area contributed by atoms with Crippen molar-refractivity contribution in [2.45, 2.75) is 31.1 Å². The summed E-state index contributed by atoms with van der Waals surface area (Å²) in [6.07, 6.45) is 1.24. The van der Waals surface area contributed by atoms with Crippen LogP contribution in [-0.2, 0) is 30.3 Å². The molecule has 0 unspecified atom stereocenters. The zero-order valence-corrected chi connectivity index (χ0v) is 20.4. The minimum Gasteiger partial charge on any atom is -0.408 e. The summed E-state index contributed by atoms with van der Waals surface area (Å²) in [6.45, 7) is 0.926. The van der Waals surface area contributed by atoms with Crippen LogP contribution >= 0.6 is 7.82 Å². The number of aromatic nitrogens is 1. The van der Waals surface area contributed by atoms with Crippen LogP contribution in [0.4, 0.5) is 0 Å². The molecule has 1 aliphatic rings. The second-order valence-electron chi connectivity index (χ2n) is 8.30. The summed E-state index contributed by atoms with van der Waals surface area (Å²) >= 11 is 0. The van der Waals surface area contributed by atoms with Crippen LogP contribution in [-0.4, -0.2) is 51.5 Å². The van der Waals surface area contributed by atoms with E-state index in [-0.39, 0.29) is 37.0 Å². The number of carbonyl (C=O) groups excluding carboxylic acids is 1. The molecule has 0 saturated heterocycles. The van der Waals surface area contributed by atoms with Crippen LogP contribution in [0.3, 0.4) is 0 Å². The molecule has 35 heavy (non-hydrogen) atoms. The lowest BCUT2D eigenvalue weighted by Crippen LogP contribution is -2.49. The Morgan fingerprint density at radius 1 is 1.37 bits per heavy atom. The maximum atomic E-state index is 12.3. The number of sulfone groups is 1. The van der Waals surface area contributed by atoms with E-state index in [2.05, 4.69) is 28.2 Å². The molecule has 0 radical (unpaired) electrons. The Balaban J connectivity index is 1.71. The van der Waals surface area contributed by atoms with Gasteiger partial charge in [0.2, 0.25) is 0 Å². The third kappa shape index (κ3) is 6.41. The van der Waals surface area contributed by atoms with Crippen LogP contribution in [0.1, 0.15) is 25.3 Å². The molecule has 1 aromatic carbocycles. The third-order valence-electron chi connectivity index (χ3n) is 5.79. The summed E-state index contributed by atoms with van der Waals surface area (Å²) in [5.41, 5.74) is 2.44. The Labute approximate surface area is 200 Å². The number of fused-ring (bicyclic) bond motifs is 1. The number of aryl methyl sites for hydroxylation is 1. The first-order chi connectivity index (χ1) is 16.2. The standard InChI is InChI=1S/C21H23N2O10PS/c1-21(19(24)22-26,35(2,30)31)9-10-23-17-8-7-14(11-18(17)33-20(23)25)5-3-4-6-15-12-16(15)13-32-34(27,28)29/h7-8,11,15-16,26H,9-10,12-13H2,1-2H3,(H,22,24)(H2,27,28,29)/t15-,16+,21+/m0/s1. The van der Waals surface area contributed by atoms with Crippen molar-refractivity contribution in [1.29, 1.82) is 0 Å². The first kappa shape index (κ1) is 26.7. The van der Waals surface area contributed by atoms with Crippen LogP contribution in [0, 0.1) is 35.5 Å². The lowest BCUT2D eigenvalue weighted by Gasteiger charge is -2.24. The number of hydroxylamine groups is 1. The highest BCUT2D eigenvalue weighted by Gasteiger charge is 2.43. The Bertz CT molecular complexity index is 1480. The minimum absolute atomic E-state index is 0.0454. The molecular weight excluding hydrogens is 503 g/mol. The number of phosphoric ester groups is 1. The zero-order valence-electron chi connectivity index (χ0n) is 18.7. The molecule has 0 bridgehead atoms. The van der Waals surface area contributed by atoms with Gasteiger partial charge in [-0.05, 0) is 55.7 Å². The molecule has 3 atom stereocenters. The van der Waals surface area contributed by atoms with Gasteiger partial charge in [0.1, 0.15) is 0 Å². The Hall–Kier alpha value is -2.90. The molecule has 1 saturated carbocycles. The summed E-state index contributed by atoms with van der Waals surface area (Å²) in [6, 6.07) is 4.70. The van der Waals surface area contributed by atoms with Crippen molar-refractivity contribution in [3.8, 4) is 23.7 Å². The maximum absolute atomic E-state index is 12.3. The molecule has 0 spiro atoms. The van der Waals surface area contributed by atoms with Crippen molar-refractivity contribution < 1.29 is 41.7 Å². The van der Waals surface area contributed by atoms with Crippen molar-refractivity contribution in [3.63, 3.8) is 0 Å². The monoisotopic (exact) mass is 526 g/mol. The molecule has 14 heteroatoms. The van der Waals surface area contributed by atoms with Gasteiger partial charge in [0, 0.05) is 24.3 Å². The Morgan fingerprint density at radius 3 is 2.71 bits per heavy atom. The smallest absolute Gasteiger partial charge is 0.408 e. The fourth-order valence-corrected chi connectivity index (χ4v) is 4.53. The topological polar surface area (TPSA) is 185 Å². The molecule has 1 fully saturated rings. The fraction of sp³-hybridized carbons (Fsp3) is 0.429. The van der Waals surface area contributed by atoms with E-state index >= 15 is 0 Å². The van der Waals surface area contributed by atoms with E-state index in [1.165, 1.54) is 16.1 Å². The van der Waals surface area contributed by atoms with E-state index in [0.29, 0.717) is 17.5 Å².